The summed E-state index contributed by atoms with van der Waals surface area (Å²) in [5.74, 6) is 0.0178. The van der Waals surface area contributed by atoms with Gasteiger partial charge in [-0.15, -0.1) is 0 Å². The molecule has 0 saturated carbocycles. The molecule has 5 heteroatoms. The third-order valence-electron chi connectivity index (χ3n) is 5.38. The minimum atomic E-state index is -0.476. The molecule has 2 heterocycles. The molecular formula is C23H17NOS3. The summed E-state index contributed by atoms with van der Waals surface area (Å²) >= 11 is 5.64. The van der Waals surface area contributed by atoms with E-state index >= 15 is 0 Å². The summed E-state index contributed by atoms with van der Waals surface area (Å²) in [5, 5.41) is 2.05. The average molecular weight is 420 g/mol. The third-order valence-corrected chi connectivity index (χ3v) is 8.71. The number of rotatable bonds is 1. The highest BCUT2D eigenvalue weighted by molar-refractivity contribution is 7.80. The van der Waals surface area contributed by atoms with Crippen LogP contribution in [0.4, 0.5) is 5.69 Å². The van der Waals surface area contributed by atoms with Crippen molar-refractivity contribution in [3.63, 3.8) is 0 Å². The van der Waals surface area contributed by atoms with E-state index in [9.17, 15) is 4.79 Å². The zero-order valence-corrected chi connectivity index (χ0v) is 17.9. The van der Waals surface area contributed by atoms with Crippen molar-refractivity contribution in [2.45, 2.75) is 19.4 Å². The first kappa shape index (κ1) is 17.7. The van der Waals surface area contributed by atoms with Crippen molar-refractivity contribution in [3.8, 4) is 11.1 Å². The van der Waals surface area contributed by atoms with Crippen LogP contribution in [0.2, 0.25) is 0 Å². The number of amides is 1. The molecule has 1 amide bonds. The van der Waals surface area contributed by atoms with Gasteiger partial charge in [0.05, 0.1) is 16.1 Å². The van der Waals surface area contributed by atoms with Gasteiger partial charge in [-0.05, 0) is 36.8 Å². The highest BCUT2D eigenvalue weighted by Gasteiger charge is 2.43. The molecule has 0 saturated heterocycles. The molecular weight excluding hydrogens is 402 g/mol. The number of anilines is 1. The lowest BCUT2D eigenvalue weighted by molar-refractivity contribution is 0.0963. The van der Waals surface area contributed by atoms with Gasteiger partial charge in [0.2, 0.25) is 0 Å². The minimum Gasteiger partial charge on any atom is -0.297 e. The van der Waals surface area contributed by atoms with Crippen LogP contribution in [0.5, 0.6) is 0 Å². The van der Waals surface area contributed by atoms with Crippen molar-refractivity contribution in [2.75, 3.05) is 4.90 Å². The highest BCUT2D eigenvalue weighted by Crippen LogP contribution is 2.52. The van der Waals surface area contributed by atoms with E-state index in [1.807, 2.05) is 65.6 Å². The van der Waals surface area contributed by atoms with Gasteiger partial charge < -0.3 is 0 Å². The Morgan fingerprint density at radius 1 is 0.929 bits per heavy atom. The van der Waals surface area contributed by atoms with Gasteiger partial charge in [-0.1, -0.05) is 87.5 Å². The maximum Gasteiger partial charge on any atom is 0.259 e. The molecule has 5 rings (SSSR count). The van der Waals surface area contributed by atoms with Crippen LogP contribution in [-0.2, 0) is 5.54 Å². The maximum absolute atomic E-state index is 13.9. The van der Waals surface area contributed by atoms with Crippen LogP contribution >= 0.6 is 32.9 Å². The molecule has 138 valence electrons. The number of nitrogens with zero attached hydrogens (tertiary/aromatic N) is 1. The topological polar surface area (TPSA) is 20.3 Å². The zero-order valence-electron chi connectivity index (χ0n) is 15.4. The number of benzene rings is 3. The van der Waals surface area contributed by atoms with Gasteiger partial charge in [0.1, 0.15) is 3.82 Å². The van der Waals surface area contributed by atoms with Crippen LogP contribution in [-0.4, -0.2) is 5.91 Å². The Labute approximate surface area is 176 Å². The highest BCUT2D eigenvalue weighted by atomic mass is 32.9. The second-order valence-electron chi connectivity index (χ2n) is 7.40. The number of hydrogen-bond acceptors (Lipinski definition) is 4. The zero-order chi connectivity index (χ0) is 19.5. The largest absolute Gasteiger partial charge is 0.297 e. The summed E-state index contributed by atoms with van der Waals surface area (Å²) < 4.78 is 0.901. The first-order valence-corrected chi connectivity index (χ1v) is 11.6. The van der Waals surface area contributed by atoms with E-state index in [2.05, 4.69) is 19.9 Å². The molecule has 1 aromatic heterocycles. The van der Waals surface area contributed by atoms with E-state index < -0.39 is 5.54 Å². The summed E-state index contributed by atoms with van der Waals surface area (Å²) in [6, 6.07) is 22.1. The van der Waals surface area contributed by atoms with Crippen LogP contribution in [0.1, 0.15) is 29.1 Å². The molecule has 0 aliphatic carbocycles. The van der Waals surface area contributed by atoms with Gasteiger partial charge in [-0.2, -0.15) is 0 Å². The molecule has 0 radical (unpaired) electrons. The Balaban J connectivity index is 1.78. The summed E-state index contributed by atoms with van der Waals surface area (Å²) in [4.78, 5) is 17.0. The van der Waals surface area contributed by atoms with Crippen LogP contribution < -0.4 is 4.90 Å². The van der Waals surface area contributed by atoms with E-state index in [1.165, 1.54) is 0 Å². The summed E-state index contributed by atoms with van der Waals surface area (Å²) in [6.45, 7) is 4.23. The summed E-state index contributed by atoms with van der Waals surface area (Å²) in [7, 11) is 3.30. The van der Waals surface area contributed by atoms with Crippen molar-refractivity contribution in [2.24, 2.45) is 0 Å². The van der Waals surface area contributed by atoms with E-state index in [-0.39, 0.29) is 5.91 Å². The molecule has 2 nitrogen and oxygen atoms in total. The summed E-state index contributed by atoms with van der Waals surface area (Å²) in [6.07, 6.45) is 0. The predicted octanol–water partition coefficient (Wildman–Crippen LogP) is 7.25. The average Bonchev–Trinajstić information content (AvgIpc) is 3.10. The second-order valence-corrected chi connectivity index (χ2v) is 10.2. The Morgan fingerprint density at radius 2 is 1.64 bits per heavy atom. The molecule has 4 aromatic rings. The van der Waals surface area contributed by atoms with Gasteiger partial charge in [0.15, 0.2) is 0 Å². The molecule has 1 aliphatic rings. The molecule has 0 bridgehead atoms. The third kappa shape index (κ3) is 2.43. The fourth-order valence-corrected chi connectivity index (χ4v) is 7.36. The van der Waals surface area contributed by atoms with Crippen LogP contribution in [0.15, 0.2) is 66.7 Å². The van der Waals surface area contributed by atoms with E-state index in [1.54, 1.807) is 20.7 Å². The van der Waals surface area contributed by atoms with Crippen molar-refractivity contribution >= 4 is 55.3 Å². The van der Waals surface area contributed by atoms with Gasteiger partial charge >= 0.3 is 0 Å². The summed E-state index contributed by atoms with van der Waals surface area (Å²) in [5.41, 5.74) is 3.34. The quantitative estimate of drug-likeness (QED) is 0.239. The fraction of sp³-hybridized carbons (Fsp3) is 0.130. The molecule has 0 spiro atoms. The monoisotopic (exact) mass is 419 g/mol. The maximum atomic E-state index is 13.9. The van der Waals surface area contributed by atoms with Crippen molar-refractivity contribution in [1.29, 1.82) is 0 Å². The van der Waals surface area contributed by atoms with E-state index in [4.69, 9.17) is 12.2 Å². The lowest BCUT2D eigenvalue weighted by Gasteiger charge is -2.43. The SMILES string of the molecule is CC1(C)c2ssc(=S)c2-c2ccccc2N1C(=O)c1cccc2ccccc12. The Bertz CT molecular complexity index is 1290. The Morgan fingerprint density at radius 3 is 2.50 bits per heavy atom. The van der Waals surface area contributed by atoms with E-state index in [0.29, 0.717) is 0 Å². The first-order chi connectivity index (χ1) is 13.5. The number of carbonyl (C=O) groups excluding carboxylic acids is 1. The lowest BCUT2D eigenvalue weighted by Crippen LogP contribution is -2.47. The predicted molar refractivity (Wildman–Crippen MR) is 122 cm³/mol. The van der Waals surface area contributed by atoms with Gasteiger partial charge in [0, 0.05) is 16.7 Å². The van der Waals surface area contributed by atoms with Gasteiger partial charge in [-0.25, -0.2) is 0 Å². The standard InChI is InChI=1S/C23H17NOS3/c1-23(2)20-19(22(26)28-27-20)17-11-5-6-13-18(17)24(23)21(25)16-12-7-9-14-8-3-4-10-15(14)16/h3-13H,1-2H3. The minimum absolute atomic E-state index is 0.0178. The molecule has 0 unspecified atom stereocenters. The van der Waals surface area contributed by atoms with Crippen LogP contribution in [0, 0.1) is 3.82 Å². The molecule has 1 aliphatic heterocycles. The van der Waals surface area contributed by atoms with Gasteiger partial charge in [0.25, 0.3) is 5.91 Å². The number of para-hydroxylation sites is 1. The number of hydrogen-bond donors (Lipinski definition) is 0. The van der Waals surface area contributed by atoms with Gasteiger partial charge in [-0.3, -0.25) is 9.69 Å². The molecule has 3 aromatic carbocycles. The fourth-order valence-electron chi connectivity index (χ4n) is 4.07. The van der Waals surface area contributed by atoms with Crippen LogP contribution in [0.25, 0.3) is 21.9 Å². The van der Waals surface area contributed by atoms with Crippen LogP contribution in [0.3, 0.4) is 0 Å². The normalized spacial score (nSPS) is 14.6. The molecule has 0 fully saturated rings. The van der Waals surface area contributed by atoms with Crippen molar-refractivity contribution in [3.05, 3.63) is 81.0 Å². The molecule has 0 N–H and O–H groups in total. The Kier molecular flexibility index (Phi) is 4.02. The molecule has 28 heavy (non-hydrogen) atoms. The van der Waals surface area contributed by atoms with Crippen molar-refractivity contribution < 1.29 is 4.79 Å². The first-order valence-electron chi connectivity index (χ1n) is 9.05. The van der Waals surface area contributed by atoms with E-state index in [0.717, 1.165) is 41.9 Å². The Hall–Kier alpha value is -2.34. The smallest absolute Gasteiger partial charge is 0.259 e. The van der Waals surface area contributed by atoms with Crippen molar-refractivity contribution in [1.82, 2.24) is 0 Å². The number of fused-ring (bicyclic) bond motifs is 4. The second kappa shape index (κ2) is 6.34. The lowest BCUT2D eigenvalue weighted by atomic mass is 9.86. The number of carbonyl (C=O) groups is 1. The molecule has 0 atom stereocenters.